The lowest BCUT2D eigenvalue weighted by atomic mass is 9.33. The van der Waals surface area contributed by atoms with Gasteiger partial charge < -0.3 is 18.8 Å². The van der Waals surface area contributed by atoms with Gasteiger partial charge in [-0.1, -0.05) is 111 Å². The van der Waals surface area contributed by atoms with Crippen LogP contribution in [0.1, 0.15) is 112 Å². The fraction of sp³-hybridized carbons (Fsp3) is 0.218. The van der Waals surface area contributed by atoms with Crippen LogP contribution in [0.5, 0.6) is 0 Å². The molecule has 0 fully saturated rings. The molecule has 0 unspecified atom stereocenters. The lowest BCUT2D eigenvalue weighted by molar-refractivity contribution is 0.590. The minimum atomic E-state index is -1.66. The predicted molar refractivity (Wildman–Crippen MR) is 256 cm³/mol. The molecule has 0 spiro atoms. The third-order valence-electron chi connectivity index (χ3n) is 11.8. The fourth-order valence-corrected chi connectivity index (χ4v) is 8.78. The zero-order valence-corrected chi connectivity index (χ0v) is 34.8. The van der Waals surface area contributed by atoms with Gasteiger partial charge in [0.25, 0.3) is 6.71 Å². The SMILES string of the molecule is [2H]c1c([2H])c2c3c(c1[2H])-n1c4c([2H])c([2H])c(C(C)(C)C)c([2H])c4c4c([2H])c(C(C)(C)C)c([2H])c(c41)N3c1c([2H])c(C#N)c([2H])c3c1B2c1c([2H])c(C(C)(C)C)c([2H])c([2H])c1N3c1c([2H])c([2H])c2c(oc3c([2H])c([2H])c([2H])c([2H])c32)c1[2H]. The summed E-state index contributed by atoms with van der Waals surface area (Å²) >= 11 is 0. The molecule has 5 nitrogen and oxygen atoms in total. The van der Waals surface area contributed by atoms with Gasteiger partial charge >= 0.3 is 0 Å². The molecule has 12 rings (SSSR count). The summed E-state index contributed by atoms with van der Waals surface area (Å²) in [6, 6.07) is -9.49. The Hall–Kier alpha value is -6.71. The van der Waals surface area contributed by atoms with Gasteiger partial charge in [-0.15, -0.1) is 0 Å². The maximum Gasteiger partial charge on any atom is 0.252 e. The Labute approximate surface area is 385 Å². The number of aromatic nitrogens is 1. The van der Waals surface area contributed by atoms with E-state index >= 15 is 0 Å². The van der Waals surface area contributed by atoms with Crippen molar-refractivity contribution in [3.05, 3.63) is 143 Å². The van der Waals surface area contributed by atoms with Gasteiger partial charge in [0.05, 0.1) is 67.1 Å². The normalized spacial score (nSPS) is 18.8. The van der Waals surface area contributed by atoms with E-state index in [0.717, 1.165) is 4.90 Å². The third kappa shape index (κ3) is 4.89. The van der Waals surface area contributed by atoms with Crippen molar-refractivity contribution in [3.63, 3.8) is 0 Å². The van der Waals surface area contributed by atoms with Gasteiger partial charge in [0.15, 0.2) is 0 Å². The van der Waals surface area contributed by atoms with Gasteiger partial charge in [-0.05, 0) is 116 Å². The smallest absolute Gasteiger partial charge is 0.252 e. The van der Waals surface area contributed by atoms with Gasteiger partial charge in [0.2, 0.25) is 0 Å². The first-order valence-corrected chi connectivity index (χ1v) is 20.0. The number of fused-ring (bicyclic) bond motifs is 12. The van der Waals surface area contributed by atoms with E-state index in [-0.39, 0.29) is 113 Å². The number of anilines is 6. The molecule has 0 bridgehead atoms. The minimum absolute atomic E-state index is 0.00307. The van der Waals surface area contributed by atoms with Gasteiger partial charge in [-0.25, -0.2) is 0 Å². The molecule has 0 saturated heterocycles. The van der Waals surface area contributed by atoms with Crippen molar-refractivity contribution in [1.29, 1.82) is 5.26 Å². The van der Waals surface area contributed by atoms with Gasteiger partial charge in [-0.3, -0.25) is 0 Å². The fourth-order valence-electron chi connectivity index (χ4n) is 8.78. The lowest BCUT2D eigenvalue weighted by Gasteiger charge is -2.46. The van der Waals surface area contributed by atoms with Crippen molar-refractivity contribution < 1.29 is 31.8 Å². The summed E-state index contributed by atoms with van der Waals surface area (Å²) in [5.74, 6) is 0. The summed E-state index contributed by atoms with van der Waals surface area (Å²) in [6.07, 6.45) is 0. The molecule has 3 aliphatic heterocycles. The summed E-state index contributed by atoms with van der Waals surface area (Å²) < 4.78 is 201. The number of hydrogen-bond acceptors (Lipinski definition) is 4. The molecule has 3 aliphatic rings. The molecule has 5 heterocycles. The Morgan fingerprint density at radius 3 is 1.98 bits per heavy atom. The molecule has 0 radical (unpaired) electrons. The third-order valence-corrected chi connectivity index (χ3v) is 11.8. The minimum Gasteiger partial charge on any atom is -0.456 e. The summed E-state index contributed by atoms with van der Waals surface area (Å²) in [6.45, 7) is 14.1. The van der Waals surface area contributed by atoms with Gasteiger partial charge in [0, 0.05) is 50.3 Å². The molecule has 0 atom stereocenters. The molecule has 0 N–H and O–H groups in total. The Morgan fingerprint density at radius 2 is 1.23 bits per heavy atom. The lowest BCUT2D eigenvalue weighted by Crippen LogP contribution is -2.62. The van der Waals surface area contributed by atoms with Crippen LogP contribution >= 0.6 is 0 Å². The highest BCUT2D eigenvalue weighted by molar-refractivity contribution is 7.00. The van der Waals surface area contributed by atoms with E-state index in [1.807, 2.05) is 6.07 Å². The molecular weight excluding hydrogens is 743 g/mol. The quantitative estimate of drug-likeness (QED) is 0.155. The first-order valence-electron chi connectivity index (χ1n) is 30.0. The maximum atomic E-state index is 11.3. The molecule has 2 aromatic heterocycles. The molecule has 0 saturated carbocycles. The summed E-state index contributed by atoms with van der Waals surface area (Å²) in [5, 5.41) is 10.6. The van der Waals surface area contributed by atoms with Crippen molar-refractivity contribution in [2.75, 3.05) is 9.80 Å². The van der Waals surface area contributed by atoms with Crippen LogP contribution in [0.4, 0.5) is 34.1 Å². The number of hydrogen-bond donors (Lipinski definition) is 0. The number of benzene rings is 7. The van der Waals surface area contributed by atoms with E-state index in [0.29, 0.717) is 0 Å². The summed E-state index contributed by atoms with van der Waals surface area (Å²) in [5.41, 5.74) is -7.51. The number of para-hydroxylation sites is 2. The molecule has 7 aromatic carbocycles. The van der Waals surface area contributed by atoms with E-state index in [1.54, 1.807) is 62.3 Å². The highest BCUT2D eigenvalue weighted by atomic mass is 16.3. The van der Waals surface area contributed by atoms with Crippen molar-refractivity contribution >= 4 is 101 Å². The van der Waals surface area contributed by atoms with E-state index < -0.39 is 153 Å². The number of rotatable bonds is 1. The monoisotopic (exact) mass is 811 g/mol. The molecular formula is C55H47BN4O. The Kier molecular flexibility index (Phi) is 4.09. The van der Waals surface area contributed by atoms with Gasteiger partial charge in [-0.2, -0.15) is 5.26 Å². The van der Waals surface area contributed by atoms with Crippen molar-refractivity contribution in [1.82, 2.24) is 4.57 Å². The number of furan rings is 1. The molecule has 9 aromatic rings. The first-order chi connectivity index (χ1) is 37.5. The molecule has 61 heavy (non-hydrogen) atoms. The Bertz CT molecular complexity index is 4630. The summed E-state index contributed by atoms with van der Waals surface area (Å²) in [4.78, 5) is 2.38. The summed E-state index contributed by atoms with van der Waals surface area (Å²) in [7, 11) is 0. The second-order valence-corrected chi connectivity index (χ2v) is 18.9. The zero-order valence-electron chi connectivity index (χ0n) is 54.8. The van der Waals surface area contributed by atoms with E-state index in [2.05, 4.69) is 0 Å². The molecule has 0 aliphatic carbocycles. The topological polar surface area (TPSA) is 48.3 Å². The first kappa shape index (κ1) is 21.2. The predicted octanol–water partition coefficient (Wildman–Crippen LogP) is 12.8. The van der Waals surface area contributed by atoms with Crippen molar-refractivity contribution in [2.24, 2.45) is 0 Å². The largest absolute Gasteiger partial charge is 0.456 e. The average molecular weight is 811 g/mol. The van der Waals surface area contributed by atoms with Crippen LogP contribution in [-0.2, 0) is 16.2 Å². The number of nitrogens with zero attached hydrogens (tertiary/aromatic N) is 4. The molecule has 0 amide bonds. The molecule has 6 heteroatoms. The Morgan fingerprint density at radius 1 is 0.541 bits per heavy atom. The maximum absolute atomic E-state index is 11.3. The van der Waals surface area contributed by atoms with Crippen LogP contribution in [0.25, 0.3) is 49.4 Å². The highest BCUT2D eigenvalue weighted by Crippen LogP contribution is 2.54. The highest BCUT2D eigenvalue weighted by Gasteiger charge is 2.47. The number of nitriles is 1. The standard InChI is InChI=1S/C55H47BN4O/c1-53(2,3)32-17-21-42-38(25-32)39-26-34(55(7,8)9)28-47-51(39)59(42)44-15-12-14-40-52(44)60(47)46-24-31(30-57)23-45-50(46)56(40)41-27-33(54(4,5)6)18-22-43(41)58(45)35-19-20-37-36-13-10-11-16-48(36)61-49(37)29-35/h10-29H,1-9H3/i10D,11D,12D,13D,14D,15D,16D,17D,18D,19D,20D,21D,22D,23D,24D,25D,26D,27D,28D,29D. The van der Waals surface area contributed by atoms with Crippen LogP contribution in [0.2, 0.25) is 0 Å². The van der Waals surface area contributed by atoms with Crippen LogP contribution in [0, 0.1) is 11.3 Å². The second kappa shape index (κ2) is 11.8. The van der Waals surface area contributed by atoms with Gasteiger partial charge in [0.1, 0.15) is 11.2 Å². The van der Waals surface area contributed by atoms with E-state index in [9.17, 15) is 27.2 Å². The molecule has 296 valence electrons. The zero-order chi connectivity index (χ0) is 59.5. The van der Waals surface area contributed by atoms with E-state index in [1.165, 1.54) is 9.47 Å². The van der Waals surface area contributed by atoms with Crippen LogP contribution in [0.15, 0.2) is 125 Å². The van der Waals surface area contributed by atoms with Crippen molar-refractivity contribution in [3.8, 4) is 11.8 Å². The Balaban J connectivity index is 1.39. The van der Waals surface area contributed by atoms with Crippen LogP contribution in [-0.4, -0.2) is 11.3 Å². The van der Waals surface area contributed by atoms with Crippen molar-refractivity contribution in [2.45, 2.75) is 78.6 Å². The second-order valence-electron chi connectivity index (χ2n) is 18.9. The van der Waals surface area contributed by atoms with Crippen LogP contribution < -0.4 is 26.2 Å². The average Bonchev–Trinajstić information content (AvgIpc) is 4.10. The van der Waals surface area contributed by atoms with E-state index in [4.69, 9.17) is 9.90 Å². The van der Waals surface area contributed by atoms with Crippen LogP contribution in [0.3, 0.4) is 0 Å².